The standard InChI is InChI=1S/C12H15NOS/c13-12(15)10-3-1-2-4-11(10)14-8-7-9-5-6-9/h1-4,9H,5-8H2,(H2,13,15). The van der Waals surface area contributed by atoms with Gasteiger partial charge < -0.3 is 10.5 Å². The molecule has 0 aromatic heterocycles. The maximum absolute atomic E-state index is 5.68. The van der Waals surface area contributed by atoms with Crippen LogP contribution in [-0.2, 0) is 0 Å². The zero-order valence-electron chi connectivity index (χ0n) is 8.61. The van der Waals surface area contributed by atoms with E-state index in [1.54, 1.807) is 0 Å². The zero-order chi connectivity index (χ0) is 10.7. The molecule has 0 atom stereocenters. The van der Waals surface area contributed by atoms with Crippen molar-refractivity contribution in [2.24, 2.45) is 11.7 Å². The van der Waals surface area contributed by atoms with Crippen molar-refractivity contribution < 1.29 is 4.74 Å². The van der Waals surface area contributed by atoms with Crippen molar-refractivity contribution in [3.05, 3.63) is 29.8 Å². The summed E-state index contributed by atoms with van der Waals surface area (Å²) in [6.45, 7) is 0.768. The minimum absolute atomic E-state index is 0.400. The van der Waals surface area contributed by atoms with E-state index in [1.807, 2.05) is 24.3 Å². The first-order valence-corrected chi connectivity index (χ1v) is 5.70. The van der Waals surface area contributed by atoms with E-state index in [0.717, 1.165) is 30.3 Å². The molecule has 15 heavy (non-hydrogen) atoms. The predicted molar refractivity (Wildman–Crippen MR) is 65.2 cm³/mol. The predicted octanol–water partition coefficient (Wildman–Crippen LogP) is 2.50. The molecule has 1 fully saturated rings. The van der Waals surface area contributed by atoms with Crippen molar-refractivity contribution in [1.82, 2.24) is 0 Å². The molecule has 1 aliphatic rings. The van der Waals surface area contributed by atoms with Gasteiger partial charge in [0.1, 0.15) is 10.7 Å². The Bertz CT molecular complexity index is 360. The third-order valence-corrected chi connectivity index (χ3v) is 2.85. The third-order valence-electron chi connectivity index (χ3n) is 2.63. The van der Waals surface area contributed by atoms with Crippen molar-refractivity contribution in [2.75, 3.05) is 6.61 Å². The van der Waals surface area contributed by atoms with Crippen molar-refractivity contribution in [2.45, 2.75) is 19.3 Å². The third kappa shape index (κ3) is 2.93. The summed E-state index contributed by atoms with van der Waals surface area (Å²) < 4.78 is 5.68. The van der Waals surface area contributed by atoms with E-state index in [1.165, 1.54) is 12.8 Å². The monoisotopic (exact) mass is 221 g/mol. The molecule has 0 unspecified atom stereocenters. The largest absolute Gasteiger partial charge is 0.493 e. The molecule has 1 aromatic carbocycles. The van der Waals surface area contributed by atoms with Gasteiger partial charge in [-0.3, -0.25) is 0 Å². The zero-order valence-corrected chi connectivity index (χ0v) is 9.43. The van der Waals surface area contributed by atoms with Gasteiger partial charge in [-0.05, 0) is 24.5 Å². The van der Waals surface area contributed by atoms with Crippen LogP contribution in [0.4, 0.5) is 0 Å². The molecular weight excluding hydrogens is 206 g/mol. The fourth-order valence-corrected chi connectivity index (χ4v) is 1.71. The first-order valence-electron chi connectivity index (χ1n) is 5.29. The number of hydrogen-bond acceptors (Lipinski definition) is 2. The van der Waals surface area contributed by atoms with Crippen molar-refractivity contribution in [1.29, 1.82) is 0 Å². The minimum Gasteiger partial charge on any atom is -0.493 e. The van der Waals surface area contributed by atoms with Crippen LogP contribution in [0.3, 0.4) is 0 Å². The average Bonchev–Trinajstić information content (AvgIpc) is 3.02. The lowest BCUT2D eigenvalue weighted by molar-refractivity contribution is 0.302. The Morgan fingerprint density at radius 1 is 1.40 bits per heavy atom. The Kier molecular flexibility index (Phi) is 3.21. The van der Waals surface area contributed by atoms with Gasteiger partial charge in [0.25, 0.3) is 0 Å². The van der Waals surface area contributed by atoms with E-state index < -0.39 is 0 Å². The SMILES string of the molecule is NC(=S)c1ccccc1OCCC1CC1. The van der Waals surface area contributed by atoms with Crippen LogP contribution >= 0.6 is 12.2 Å². The van der Waals surface area contributed by atoms with Crippen LogP contribution in [0.25, 0.3) is 0 Å². The van der Waals surface area contributed by atoms with Gasteiger partial charge in [-0.15, -0.1) is 0 Å². The number of thiocarbonyl (C=S) groups is 1. The summed E-state index contributed by atoms with van der Waals surface area (Å²) in [5, 5.41) is 0. The van der Waals surface area contributed by atoms with Crippen LogP contribution in [0.2, 0.25) is 0 Å². The van der Waals surface area contributed by atoms with E-state index in [-0.39, 0.29) is 0 Å². The van der Waals surface area contributed by atoms with Crippen LogP contribution < -0.4 is 10.5 Å². The number of hydrogen-bond donors (Lipinski definition) is 1. The highest BCUT2D eigenvalue weighted by molar-refractivity contribution is 7.80. The van der Waals surface area contributed by atoms with Gasteiger partial charge in [0, 0.05) is 0 Å². The topological polar surface area (TPSA) is 35.2 Å². The first-order chi connectivity index (χ1) is 7.27. The van der Waals surface area contributed by atoms with Crippen LogP contribution in [-0.4, -0.2) is 11.6 Å². The summed E-state index contributed by atoms with van der Waals surface area (Å²) in [6.07, 6.45) is 3.87. The second-order valence-electron chi connectivity index (χ2n) is 3.94. The summed E-state index contributed by atoms with van der Waals surface area (Å²) in [5.74, 6) is 1.70. The molecule has 0 aliphatic heterocycles. The van der Waals surface area contributed by atoms with Gasteiger partial charge in [0.2, 0.25) is 0 Å². The lowest BCUT2D eigenvalue weighted by Gasteiger charge is -2.09. The summed E-state index contributed by atoms with van der Waals surface area (Å²) in [5.41, 5.74) is 6.45. The van der Waals surface area contributed by atoms with E-state index in [0.29, 0.717) is 4.99 Å². The smallest absolute Gasteiger partial charge is 0.129 e. The second kappa shape index (κ2) is 4.62. The molecule has 1 aliphatic carbocycles. The minimum atomic E-state index is 0.400. The Hall–Kier alpha value is -1.09. The number of ether oxygens (including phenoxy) is 1. The lowest BCUT2D eigenvalue weighted by Crippen LogP contribution is -2.12. The van der Waals surface area contributed by atoms with E-state index >= 15 is 0 Å². The molecule has 0 bridgehead atoms. The highest BCUT2D eigenvalue weighted by atomic mass is 32.1. The Morgan fingerprint density at radius 2 is 2.13 bits per heavy atom. The number of benzene rings is 1. The van der Waals surface area contributed by atoms with E-state index in [4.69, 9.17) is 22.7 Å². The Labute approximate surface area is 95.4 Å². The molecular formula is C12H15NOS. The lowest BCUT2D eigenvalue weighted by atomic mass is 10.2. The molecule has 1 saturated carbocycles. The molecule has 0 radical (unpaired) electrons. The van der Waals surface area contributed by atoms with Crippen LogP contribution in [0.5, 0.6) is 5.75 Å². The number of rotatable bonds is 5. The van der Waals surface area contributed by atoms with Crippen LogP contribution in [0, 0.1) is 5.92 Å². The Balaban J connectivity index is 1.95. The summed E-state index contributed by atoms with van der Waals surface area (Å²) in [7, 11) is 0. The summed E-state index contributed by atoms with van der Waals surface area (Å²) in [6, 6.07) is 7.67. The molecule has 1 aromatic rings. The van der Waals surface area contributed by atoms with Gasteiger partial charge in [0.15, 0.2) is 0 Å². The molecule has 0 saturated heterocycles. The molecule has 0 heterocycles. The van der Waals surface area contributed by atoms with Crippen molar-refractivity contribution in [3.63, 3.8) is 0 Å². The molecule has 2 N–H and O–H groups in total. The fraction of sp³-hybridized carbons (Fsp3) is 0.417. The molecule has 3 heteroatoms. The van der Waals surface area contributed by atoms with E-state index in [9.17, 15) is 0 Å². The maximum Gasteiger partial charge on any atom is 0.129 e. The van der Waals surface area contributed by atoms with Gasteiger partial charge in [-0.25, -0.2) is 0 Å². The van der Waals surface area contributed by atoms with Gasteiger partial charge in [-0.2, -0.15) is 0 Å². The van der Waals surface area contributed by atoms with Crippen molar-refractivity contribution >= 4 is 17.2 Å². The quantitative estimate of drug-likeness (QED) is 0.776. The van der Waals surface area contributed by atoms with Gasteiger partial charge in [0.05, 0.1) is 12.2 Å². The normalized spacial score (nSPS) is 14.9. The van der Waals surface area contributed by atoms with E-state index in [2.05, 4.69) is 0 Å². The maximum atomic E-state index is 5.68. The molecule has 2 rings (SSSR count). The average molecular weight is 221 g/mol. The van der Waals surface area contributed by atoms with Crippen molar-refractivity contribution in [3.8, 4) is 5.75 Å². The molecule has 0 spiro atoms. The molecule has 0 amide bonds. The van der Waals surface area contributed by atoms with Gasteiger partial charge >= 0.3 is 0 Å². The second-order valence-corrected chi connectivity index (χ2v) is 4.38. The molecule has 2 nitrogen and oxygen atoms in total. The van der Waals surface area contributed by atoms with Gasteiger partial charge in [-0.1, -0.05) is 37.2 Å². The highest BCUT2D eigenvalue weighted by Gasteiger charge is 2.20. The summed E-state index contributed by atoms with van der Waals surface area (Å²) >= 11 is 4.96. The summed E-state index contributed by atoms with van der Waals surface area (Å²) in [4.78, 5) is 0.400. The fourth-order valence-electron chi connectivity index (χ4n) is 1.54. The number of nitrogens with two attached hydrogens (primary N) is 1. The number of para-hydroxylation sites is 1. The van der Waals surface area contributed by atoms with Crippen LogP contribution in [0.1, 0.15) is 24.8 Å². The highest BCUT2D eigenvalue weighted by Crippen LogP contribution is 2.32. The Morgan fingerprint density at radius 3 is 2.80 bits per heavy atom. The van der Waals surface area contributed by atoms with Crippen LogP contribution in [0.15, 0.2) is 24.3 Å². The molecule has 80 valence electrons. The first kappa shape index (κ1) is 10.4.